The van der Waals surface area contributed by atoms with Crippen molar-refractivity contribution in [3.8, 4) is 0 Å². The van der Waals surface area contributed by atoms with Crippen molar-refractivity contribution in [2.75, 3.05) is 6.61 Å². The first kappa shape index (κ1) is 24.1. The molecule has 0 radical (unpaired) electrons. The van der Waals surface area contributed by atoms with Crippen LogP contribution in [0, 0.1) is 28.6 Å². The molecule has 0 heterocycles. The van der Waals surface area contributed by atoms with Crippen LogP contribution < -0.4 is 0 Å². The third kappa shape index (κ3) is 2.78. The quantitative estimate of drug-likeness (QED) is 0.616. The maximum atomic E-state index is 17.0. The van der Waals surface area contributed by atoms with Crippen molar-refractivity contribution in [3.05, 3.63) is 23.6 Å². The summed E-state index contributed by atoms with van der Waals surface area (Å²) >= 11 is 0. The van der Waals surface area contributed by atoms with Crippen molar-refractivity contribution in [1.82, 2.24) is 0 Å². The molecule has 2 N–H and O–H groups in total. The highest BCUT2D eigenvalue weighted by molar-refractivity contribution is 6.04. The van der Waals surface area contributed by atoms with Crippen LogP contribution in [0.4, 0.5) is 13.2 Å². The van der Waals surface area contributed by atoms with Crippen LogP contribution in [0.25, 0.3) is 0 Å². The number of hydrogen-bond donors (Lipinski definition) is 2. The van der Waals surface area contributed by atoms with E-state index >= 15 is 8.78 Å². The SMILES string of the molecule is CC(=O)OCC(=O)[C@@]1(O)[C@H](C)C[C@H]2[C@@H]3C[C@H](F)C4=C(F)C(=O)C=C[C@]4(C)[C@@]3(F)[C@@H](O)C[C@@]21C. The molecule has 6 nitrogen and oxygen atoms in total. The van der Waals surface area contributed by atoms with Crippen LogP contribution in [-0.2, 0) is 19.1 Å². The van der Waals surface area contributed by atoms with E-state index in [9.17, 15) is 29.0 Å². The van der Waals surface area contributed by atoms with Gasteiger partial charge in [-0.25, -0.2) is 13.2 Å². The first-order valence-electron chi connectivity index (χ1n) is 11.2. The molecule has 0 unspecified atom stereocenters. The van der Waals surface area contributed by atoms with E-state index in [4.69, 9.17) is 4.74 Å². The minimum absolute atomic E-state index is 0.162. The third-order valence-corrected chi connectivity index (χ3v) is 9.12. The number of carbonyl (C=O) groups is 3. The lowest BCUT2D eigenvalue weighted by Crippen LogP contribution is -2.70. The Hall–Kier alpha value is -2.00. The molecule has 182 valence electrons. The molecule has 3 saturated carbocycles. The molecule has 0 aromatic carbocycles. The molecule has 0 aliphatic heterocycles. The van der Waals surface area contributed by atoms with Crippen LogP contribution >= 0.6 is 0 Å². The molecule has 3 fully saturated rings. The summed E-state index contributed by atoms with van der Waals surface area (Å²) in [5, 5.41) is 22.8. The van der Waals surface area contributed by atoms with Crippen molar-refractivity contribution in [3.63, 3.8) is 0 Å². The Morgan fingerprint density at radius 2 is 1.88 bits per heavy atom. The molecule has 9 heteroatoms. The lowest BCUT2D eigenvalue weighted by Gasteiger charge is -2.63. The van der Waals surface area contributed by atoms with Crippen molar-refractivity contribution in [1.29, 1.82) is 0 Å². The maximum absolute atomic E-state index is 17.0. The molecule has 0 aromatic heterocycles. The largest absolute Gasteiger partial charge is 0.458 e. The first-order valence-corrected chi connectivity index (χ1v) is 11.2. The van der Waals surface area contributed by atoms with Crippen LogP contribution in [0.3, 0.4) is 0 Å². The molecule has 4 aliphatic carbocycles. The van der Waals surface area contributed by atoms with Gasteiger partial charge in [0.05, 0.1) is 6.10 Å². The van der Waals surface area contributed by atoms with Gasteiger partial charge >= 0.3 is 5.97 Å². The van der Waals surface area contributed by atoms with Crippen LogP contribution in [0.5, 0.6) is 0 Å². The Morgan fingerprint density at radius 3 is 2.48 bits per heavy atom. The maximum Gasteiger partial charge on any atom is 0.303 e. The highest BCUT2D eigenvalue weighted by Gasteiger charge is 2.77. The minimum atomic E-state index is -2.52. The molecular formula is C24H29F3O6. The molecule has 0 spiro atoms. The smallest absolute Gasteiger partial charge is 0.303 e. The Bertz CT molecular complexity index is 993. The van der Waals surface area contributed by atoms with Gasteiger partial charge in [0.15, 0.2) is 18.1 Å². The number of aliphatic hydroxyl groups is 2. The van der Waals surface area contributed by atoms with Crippen LogP contribution in [0.15, 0.2) is 23.6 Å². The normalized spacial score (nSPS) is 48.8. The number of aliphatic hydroxyl groups excluding tert-OH is 1. The summed E-state index contributed by atoms with van der Waals surface area (Å²) in [4.78, 5) is 36.1. The number of ether oxygens (including phenoxy) is 1. The Balaban J connectivity index is 1.81. The summed E-state index contributed by atoms with van der Waals surface area (Å²) in [7, 11) is 0. The summed E-state index contributed by atoms with van der Waals surface area (Å²) in [5.74, 6) is -6.41. The fourth-order valence-electron chi connectivity index (χ4n) is 7.50. The molecule has 0 amide bonds. The topological polar surface area (TPSA) is 101 Å². The Labute approximate surface area is 189 Å². The number of carbonyl (C=O) groups excluding carboxylic acids is 3. The molecule has 4 rings (SSSR count). The second kappa shape index (κ2) is 7.25. The number of halogens is 3. The summed E-state index contributed by atoms with van der Waals surface area (Å²) in [6.07, 6.45) is -2.42. The zero-order valence-corrected chi connectivity index (χ0v) is 19.0. The van der Waals surface area contributed by atoms with Gasteiger partial charge in [-0.3, -0.25) is 14.4 Å². The highest BCUT2D eigenvalue weighted by Crippen LogP contribution is 2.71. The van der Waals surface area contributed by atoms with E-state index < -0.39 is 94.1 Å². The number of hydrogen-bond acceptors (Lipinski definition) is 6. The number of allylic oxidation sites excluding steroid dienone is 4. The van der Waals surface area contributed by atoms with Gasteiger partial charge in [-0.2, -0.15) is 0 Å². The van der Waals surface area contributed by atoms with E-state index in [-0.39, 0.29) is 12.8 Å². The third-order valence-electron chi connectivity index (χ3n) is 9.12. The van der Waals surface area contributed by atoms with E-state index in [1.165, 1.54) is 6.92 Å². The van der Waals surface area contributed by atoms with Crippen LogP contribution in [0.2, 0.25) is 0 Å². The van der Waals surface area contributed by atoms with Gasteiger partial charge in [0, 0.05) is 29.2 Å². The highest BCUT2D eigenvalue weighted by atomic mass is 19.2. The second-order valence-electron chi connectivity index (χ2n) is 10.6. The molecule has 4 aliphatic rings. The molecule has 9 atom stereocenters. The molecule has 33 heavy (non-hydrogen) atoms. The van der Waals surface area contributed by atoms with Gasteiger partial charge in [0.25, 0.3) is 0 Å². The monoisotopic (exact) mass is 470 g/mol. The van der Waals surface area contributed by atoms with Gasteiger partial charge in [0.2, 0.25) is 11.6 Å². The van der Waals surface area contributed by atoms with Crippen molar-refractivity contribution in [2.24, 2.45) is 28.6 Å². The lowest BCUT2D eigenvalue weighted by atomic mass is 9.44. The number of alkyl halides is 2. The number of esters is 1. The van der Waals surface area contributed by atoms with Gasteiger partial charge in [-0.1, -0.05) is 19.9 Å². The lowest BCUT2D eigenvalue weighted by molar-refractivity contribution is -0.224. The van der Waals surface area contributed by atoms with Gasteiger partial charge in [-0.05, 0) is 44.1 Å². The van der Waals surface area contributed by atoms with E-state index in [0.717, 1.165) is 19.1 Å². The number of rotatable bonds is 3. The summed E-state index contributed by atoms with van der Waals surface area (Å²) in [6.45, 7) is 4.91. The van der Waals surface area contributed by atoms with E-state index in [0.29, 0.717) is 0 Å². The van der Waals surface area contributed by atoms with Gasteiger partial charge in [0.1, 0.15) is 11.8 Å². The fourth-order valence-corrected chi connectivity index (χ4v) is 7.50. The van der Waals surface area contributed by atoms with Gasteiger partial charge in [-0.15, -0.1) is 0 Å². The summed E-state index contributed by atoms with van der Waals surface area (Å²) in [6, 6.07) is 0. The second-order valence-corrected chi connectivity index (χ2v) is 10.6. The standard InChI is InChI=1S/C24H29F3O6/c1-11-7-13-14-8-15(25)19-20(26)16(29)5-6-21(19,3)23(14,27)17(30)9-22(13,4)24(11,32)18(31)10-33-12(2)28/h5-6,11,13-15,17,30,32H,7-10H2,1-4H3/t11-,13+,14+,15+,17+,21+,22+,23+,24+/m1/s1. The predicted molar refractivity (Wildman–Crippen MR) is 110 cm³/mol. The van der Waals surface area contributed by atoms with Crippen LogP contribution in [-0.4, -0.2) is 57.9 Å². The van der Waals surface area contributed by atoms with E-state index in [2.05, 4.69) is 0 Å². The molecule has 0 saturated heterocycles. The predicted octanol–water partition coefficient (Wildman–Crippen LogP) is 2.71. The van der Waals surface area contributed by atoms with E-state index in [1.807, 2.05) is 0 Å². The van der Waals surface area contributed by atoms with Crippen LogP contribution in [0.1, 0.15) is 47.0 Å². The van der Waals surface area contributed by atoms with Gasteiger partial charge < -0.3 is 14.9 Å². The fraction of sp³-hybridized carbons (Fsp3) is 0.708. The summed E-state index contributed by atoms with van der Waals surface area (Å²) in [5.41, 5.74) is -8.40. The number of Topliss-reactive ketones (excluding diaryl/α,β-unsaturated/α-hetero) is 1. The molecule has 0 bridgehead atoms. The van der Waals surface area contributed by atoms with E-state index in [1.54, 1.807) is 13.8 Å². The number of fused-ring (bicyclic) bond motifs is 5. The average molecular weight is 470 g/mol. The Morgan fingerprint density at radius 1 is 1.24 bits per heavy atom. The average Bonchev–Trinajstić information content (AvgIpc) is 2.93. The molecular weight excluding hydrogens is 441 g/mol. The van der Waals surface area contributed by atoms with Crippen molar-refractivity contribution in [2.45, 2.75) is 70.5 Å². The number of ketones is 2. The minimum Gasteiger partial charge on any atom is -0.458 e. The van der Waals surface area contributed by atoms with Crippen molar-refractivity contribution >= 4 is 17.5 Å². The zero-order chi connectivity index (χ0) is 24.7. The zero-order valence-electron chi connectivity index (χ0n) is 19.0. The van der Waals surface area contributed by atoms with Crippen molar-refractivity contribution < 1.29 is 42.5 Å². The summed E-state index contributed by atoms with van der Waals surface area (Å²) < 4.78 is 51.9. The Kier molecular flexibility index (Phi) is 5.30. The first-order chi connectivity index (χ1) is 15.2. The molecule has 0 aromatic rings.